The largest absolute Gasteiger partial charge is 0.416 e. The van der Waals surface area contributed by atoms with Crippen molar-refractivity contribution in [2.75, 3.05) is 6.54 Å². The van der Waals surface area contributed by atoms with Gasteiger partial charge in [-0.15, -0.1) is 0 Å². The predicted octanol–water partition coefficient (Wildman–Crippen LogP) is 3.19. The highest BCUT2D eigenvalue weighted by Crippen LogP contribution is 2.32. The molecule has 13 nitrogen and oxygen atoms in total. The summed E-state index contributed by atoms with van der Waals surface area (Å²) in [7, 11) is 0. The van der Waals surface area contributed by atoms with Gasteiger partial charge < -0.3 is 32.3 Å². The minimum atomic E-state index is -4.78. The van der Waals surface area contributed by atoms with Crippen molar-refractivity contribution in [3.63, 3.8) is 0 Å². The van der Waals surface area contributed by atoms with Crippen LogP contribution in [0.2, 0.25) is 0 Å². The standard InChI is InChI=1S/C43H47F3N6O7/c44-43(45,46)31-14-8-7-13-30(31)25-35-42(59)52-33(23-26-9-3-1-4-10-26)41(58)51-34(24-27-15-17-29(18-16-27)38(55)28-11-5-2-6-12-28)40(57)50-32(39(47)56)21-22-48-36(53)19-20-37(54)49-35/h2,5-8,11-20,26,32-35H,1,3-4,9-10,21-25H2,(H2,47,56)(H,48,53)(H,49,54)(H,50,57)(H,51,58)(H,52,59)/b20-19-/t32-,33+,34-,35-/m1/s1. The number of primary amides is 1. The molecule has 3 aromatic carbocycles. The summed E-state index contributed by atoms with van der Waals surface area (Å²) in [6.07, 6.45) is 0.265. The monoisotopic (exact) mass is 816 g/mol. The first-order valence-electron chi connectivity index (χ1n) is 19.5. The molecule has 0 bridgehead atoms. The SMILES string of the molecule is NC(=O)[C@H]1CCNC(=O)/C=C\C(=O)N[C@H](Cc2ccccc2C(F)(F)F)C(=O)N[C@@H](CC2CCCCC2)C(=O)N[C@H](Cc2ccc(C(=O)c3ccccc3)cc2)C(=O)N1. The number of hydrogen-bond acceptors (Lipinski definition) is 7. The van der Waals surface area contributed by atoms with Crippen LogP contribution in [0.4, 0.5) is 13.2 Å². The number of nitrogens with two attached hydrogens (primary N) is 1. The lowest BCUT2D eigenvalue weighted by Crippen LogP contribution is -2.59. The van der Waals surface area contributed by atoms with E-state index >= 15 is 0 Å². The highest BCUT2D eigenvalue weighted by Gasteiger charge is 2.36. The number of nitrogens with one attached hydrogen (secondary N) is 5. The number of amides is 6. The summed E-state index contributed by atoms with van der Waals surface area (Å²) in [5.74, 6) is -5.52. The van der Waals surface area contributed by atoms with E-state index in [2.05, 4.69) is 26.6 Å². The predicted molar refractivity (Wildman–Crippen MR) is 210 cm³/mol. The second-order valence-electron chi connectivity index (χ2n) is 14.8. The third-order valence-corrected chi connectivity index (χ3v) is 10.4. The molecule has 0 saturated heterocycles. The number of ketones is 1. The first-order valence-corrected chi connectivity index (χ1v) is 19.5. The lowest BCUT2D eigenvalue weighted by molar-refractivity contribution is -0.138. The van der Waals surface area contributed by atoms with Gasteiger partial charge in [-0.2, -0.15) is 13.2 Å². The van der Waals surface area contributed by atoms with E-state index < -0.39 is 77.8 Å². The van der Waals surface area contributed by atoms with Crippen LogP contribution >= 0.6 is 0 Å². The highest BCUT2D eigenvalue weighted by molar-refractivity contribution is 6.09. The average Bonchev–Trinajstić information content (AvgIpc) is 3.21. The number of benzene rings is 3. The van der Waals surface area contributed by atoms with Crippen LogP contribution < -0.4 is 32.3 Å². The molecule has 1 heterocycles. The van der Waals surface area contributed by atoms with Crippen molar-refractivity contribution in [2.24, 2.45) is 11.7 Å². The zero-order chi connectivity index (χ0) is 42.5. The number of carbonyl (C=O) groups excluding carboxylic acids is 7. The molecule has 16 heteroatoms. The Balaban J connectivity index is 1.49. The van der Waals surface area contributed by atoms with Crippen LogP contribution in [0.1, 0.15) is 77.6 Å². The van der Waals surface area contributed by atoms with Crippen LogP contribution in [0, 0.1) is 5.92 Å². The van der Waals surface area contributed by atoms with E-state index in [1.54, 1.807) is 54.6 Å². The van der Waals surface area contributed by atoms with Crippen LogP contribution in [-0.2, 0) is 47.8 Å². The summed E-state index contributed by atoms with van der Waals surface area (Å²) in [4.78, 5) is 93.4. The Morgan fingerprint density at radius 1 is 0.627 bits per heavy atom. The average molecular weight is 817 g/mol. The van der Waals surface area contributed by atoms with Crippen molar-refractivity contribution >= 4 is 41.2 Å². The molecule has 0 radical (unpaired) electrons. The van der Waals surface area contributed by atoms with E-state index in [9.17, 15) is 46.7 Å². The van der Waals surface area contributed by atoms with E-state index in [-0.39, 0.29) is 43.1 Å². The zero-order valence-corrected chi connectivity index (χ0v) is 32.2. The van der Waals surface area contributed by atoms with Crippen LogP contribution in [0.25, 0.3) is 0 Å². The van der Waals surface area contributed by atoms with Gasteiger partial charge in [0.05, 0.1) is 5.56 Å². The van der Waals surface area contributed by atoms with Gasteiger partial charge in [0, 0.05) is 42.7 Å². The fourth-order valence-corrected chi connectivity index (χ4v) is 7.26. The summed E-state index contributed by atoms with van der Waals surface area (Å²) >= 11 is 0. The zero-order valence-electron chi connectivity index (χ0n) is 32.2. The van der Waals surface area contributed by atoms with Crippen LogP contribution in [0.15, 0.2) is 91.0 Å². The number of alkyl halides is 3. The molecule has 3 aromatic rings. The summed E-state index contributed by atoms with van der Waals surface area (Å²) in [6.45, 7) is -0.185. The van der Waals surface area contributed by atoms with Gasteiger partial charge in [0.2, 0.25) is 35.4 Å². The third kappa shape index (κ3) is 12.8. The third-order valence-electron chi connectivity index (χ3n) is 10.4. The van der Waals surface area contributed by atoms with Crippen LogP contribution in [0.3, 0.4) is 0 Å². The smallest absolute Gasteiger partial charge is 0.368 e. The topological polar surface area (TPSA) is 206 Å². The van der Waals surface area contributed by atoms with Gasteiger partial charge in [0.15, 0.2) is 5.78 Å². The van der Waals surface area contributed by atoms with E-state index in [0.29, 0.717) is 16.7 Å². The first-order chi connectivity index (χ1) is 28.2. The second kappa shape index (κ2) is 20.4. The fraction of sp³-hybridized carbons (Fsp3) is 0.372. The maximum atomic E-state index is 14.3. The normalized spacial score (nSPS) is 22.3. The van der Waals surface area contributed by atoms with Crippen LogP contribution in [0.5, 0.6) is 0 Å². The van der Waals surface area contributed by atoms with Crippen molar-refractivity contribution in [3.8, 4) is 0 Å². The molecular formula is C43H47F3N6O7. The second-order valence-corrected chi connectivity index (χ2v) is 14.8. The molecule has 2 aliphatic rings. The lowest BCUT2D eigenvalue weighted by atomic mass is 9.84. The molecule has 7 N–H and O–H groups in total. The number of rotatable bonds is 9. The van der Waals surface area contributed by atoms with Crippen LogP contribution in [-0.4, -0.2) is 71.9 Å². The first kappa shape index (κ1) is 43.8. The Bertz CT molecular complexity index is 2030. The van der Waals surface area contributed by atoms with Gasteiger partial charge in [0.1, 0.15) is 24.2 Å². The Labute approximate surface area is 339 Å². The maximum Gasteiger partial charge on any atom is 0.416 e. The summed E-state index contributed by atoms with van der Waals surface area (Å²) < 4.78 is 42.1. The summed E-state index contributed by atoms with van der Waals surface area (Å²) in [5, 5.41) is 12.7. The molecule has 1 aliphatic heterocycles. The molecule has 0 aromatic heterocycles. The Morgan fingerprint density at radius 3 is 1.88 bits per heavy atom. The molecular weight excluding hydrogens is 770 g/mol. The molecule has 312 valence electrons. The van der Waals surface area contributed by atoms with E-state index in [1.165, 1.54) is 18.2 Å². The fourth-order valence-electron chi connectivity index (χ4n) is 7.26. The molecule has 5 rings (SSSR count). The van der Waals surface area contributed by atoms with Crippen molar-refractivity contribution in [3.05, 3.63) is 119 Å². The Hall–Kier alpha value is -6.32. The number of carbonyl (C=O) groups is 7. The van der Waals surface area contributed by atoms with Crippen molar-refractivity contribution < 1.29 is 46.7 Å². The molecule has 1 fully saturated rings. The van der Waals surface area contributed by atoms with Crippen molar-refractivity contribution in [1.29, 1.82) is 0 Å². The number of halogens is 3. The molecule has 59 heavy (non-hydrogen) atoms. The van der Waals surface area contributed by atoms with Gasteiger partial charge in [-0.3, -0.25) is 33.6 Å². The van der Waals surface area contributed by atoms with Crippen molar-refractivity contribution in [1.82, 2.24) is 26.6 Å². The van der Waals surface area contributed by atoms with E-state index in [1.807, 2.05) is 0 Å². The molecule has 6 amide bonds. The number of hydrogen-bond donors (Lipinski definition) is 6. The van der Waals surface area contributed by atoms with Gasteiger partial charge >= 0.3 is 6.18 Å². The minimum absolute atomic E-state index is 0.0284. The quantitative estimate of drug-likeness (QED) is 0.178. The lowest BCUT2D eigenvalue weighted by Gasteiger charge is -2.30. The highest BCUT2D eigenvalue weighted by atomic mass is 19.4. The van der Waals surface area contributed by atoms with E-state index in [0.717, 1.165) is 50.3 Å². The molecule has 0 spiro atoms. The Kier molecular flexibility index (Phi) is 15.1. The Morgan fingerprint density at radius 2 is 1.20 bits per heavy atom. The van der Waals surface area contributed by atoms with Gasteiger partial charge in [-0.05, 0) is 36.0 Å². The van der Waals surface area contributed by atoms with Crippen molar-refractivity contribution in [2.45, 2.75) is 88.1 Å². The maximum absolute atomic E-state index is 14.3. The molecule has 1 aliphatic carbocycles. The molecule has 4 atom stereocenters. The molecule has 1 saturated carbocycles. The van der Waals surface area contributed by atoms with Gasteiger partial charge in [-0.25, -0.2) is 0 Å². The van der Waals surface area contributed by atoms with Gasteiger partial charge in [-0.1, -0.05) is 105 Å². The summed E-state index contributed by atoms with van der Waals surface area (Å²) in [5.41, 5.74) is 5.65. The summed E-state index contributed by atoms with van der Waals surface area (Å²) in [6, 6.07) is 14.0. The van der Waals surface area contributed by atoms with E-state index in [4.69, 9.17) is 5.73 Å². The minimum Gasteiger partial charge on any atom is -0.368 e. The van der Waals surface area contributed by atoms with Gasteiger partial charge in [0.25, 0.3) is 0 Å². The molecule has 0 unspecified atom stereocenters.